The molecule has 4 nitrogen and oxygen atoms in total. The minimum absolute atomic E-state index is 0.259. The zero-order valence-electron chi connectivity index (χ0n) is 28.0. The first kappa shape index (κ1) is 28.0. The van der Waals surface area contributed by atoms with Crippen molar-refractivity contribution in [2.24, 2.45) is 0 Å². The molecule has 0 saturated carbocycles. The number of allylic oxidation sites excluding steroid dienone is 2. The Kier molecular flexibility index (Phi) is 5.58. The van der Waals surface area contributed by atoms with Crippen LogP contribution < -0.4 is 4.90 Å². The van der Waals surface area contributed by atoms with Crippen LogP contribution in [0.15, 0.2) is 179 Å². The van der Waals surface area contributed by atoms with Gasteiger partial charge in [0.15, 0.2) is 0 Å². The normalized spacial score (nSPS) is 16.7. The summed E-state index contributed by atoms with van der Waals surface area (Å²) in [6.07, 6.45) is 9.02. The van der Waals surface area contributed by atoms with Crippen LogP contribution >= 0.6 is 0 Å². The molecule has 2 unspecified atom stereocenters. The highest BCUT2D eigenvalue weighted by molar-refractivity contribution is 6.22. The van der Waals surface area contributed by atoms with Crippen molar-refractivity contribution in [3.63, 3.8) is 0 Å². The molecule has 10 aromatic rings. The number of para-hydroxylation sites is 3. The van der Waals surface area contributed by atoms with E-state index in [2.05, 4.69) is 179 Å². The fraction of sp³-hybridized carbons (Fsp3) is 0.0417. The van der Waals surface area contributed by atoms with Crippen molar-refractivity contribution >= 4 is 77.1 Å². The van der Waals surface area contributed by atoms with Crippen LogP contribution in [0.5, 0.6) is 0 Å². The van der Waals surface area contributed by atoms with Gasteiger partial charge in [-0.25, -0.2) is 0 Å². The third-order valence-corrected chi connectivity index (χ3v) is 11.3. The molecule has 4 heteroatoms. The number of benzene rings is 7. The summed E-state index contributed by atoms with van der Waals surface area (Å²) >= 11 is 0. The van der Waals surface area contributed by atoms with E-state index in [0.717, 1.165) is 55.1 Å². The summed E-state index contributed by atoms with van der Waals surface area (Å²) in [6.45, 7) is 0. The second kappa shape index (κ2) is 10.4. The number of anilines is 2. The van der Waals surface area contributed by atoms with Gasteiger partial charge in [-0.1, -0.05) is 91.0 Å². The zero-order valence-corrected chi connectivity index (χ0v) is 28.0. The minimum atomic E-state index is 0.259. The fourth-order valence-corrected chi connectivity index (χ4v) is 9.01. The summed E-state index contributed by atoms with van der Waals surface area (Å²) in [5.74, 6) is 0.293. The highest BCUT2D eigenvalue weighted by Crippen LogP contribution is 2.49. The highest BCUT2D eigenvalue weighted by atomic mass is 16.3. The Labute approximate surface area is 298 Å². The monoisotopic (exact) mass is 666 g/mol. The Balaban J connectivity index is 1.01. The zero-order chi connectivity index (χ0) is 33.9. The first-order valence-electron chi connectivity index (χ1n) is 17.9. The van der Waals surface area contributed by atoms with E-state index in [9.17, 15) is 0 Å². The van der Waals surface area contributed by atoms with E-state index in [-0.39, 0.29) is 6.04 Å². The minimum Gasteiger partial charge on any atom is -0.456 e. The van der Waals surface area contributed by atoms with Gasteiger partial charge in [0, 0.05) is 49.9 Å². The molecule has 244 valence electrons. The third-order valence-electron chi connectivity index (χ3n) is 11.3. The van der Waals surface area contributed by atoms with E-state index in [0.29, 0.717) is 5.92 Å². The molecular weight excluding hydrogens is 637 g/mol. The van der Waals surface area contributed by atoms with Gasteiger partial charge in [0.2, 0.25) is 0 Å². The Morgan fingerprint density at radius 1 is 0.462 bits per heavy atom. The van der Waals surface area contributed by atoms with Gasteiger partial charge in [-0.15, -0.1) is 0 Å². The van der Waals surface area contributed by atoms with Crippen molar-refractivity contribution in [3.8, 4) is 16.8 Å². The summed E-state index contributed by atoms with van der Waals surface area (Å²) in [5.41, 5.74) is 13.1. The number of fused-ring (bicyclic) bond motifs is 13. The summed E-state index contributed by atoms with van der Waals surface area (Å²) in [4.78, 5) is 2.47. The predicted octanol–water partition coefficient (Wildman–Crippen LogP) is 13.0. The van der Waals surface area contributed by atoms with Gasteiger partial charge in [-0.2, -0.15) is 0 Å². The van der Waals surface area contributed by atoms with E-state index in [1.54, 1.807) is 0 Å². The molecule has 0 bridgehead atoms. The quantitative estimate of drug-likeness (QED) is 0.188. The van der Waals surface area contributed by atoms with Crippen molar-refractivity contribution in [1.29, 1.82) is 0 Å². The summed E-state index contributed by atoms with van der Waals surface area (Å²) in [6, 6.07) is 52.5. The largest absolute Gasteiger partial charge is 0.456 e. The number of hydrogen-bond donors (Lipinski definition) is 0. The average Bonchev–Trinajstić information content (AvgIpc) is 3.95. The number of aromatic nitrogens is 1. The maximum atomic E-state index is 6.71. The predicted molar refractivity (Wildman–Crippen MR) is 214 cm³/mol. The van der Waals surface area contributed by atoms with E-state index in [4.69, 9.17) is 8.83 Å². The molecule has 7 aromatic carbocycles. The van der Waals surface area contributed by atoms with Crippen LogP contribution in [0.25, 0.3) is 82.5 Å². The molecular formula is C48H30N2O2. The molecule has 0 N–H and O–H groups in total. The lowest BCUT2D eigenvalue weighted by Crippen LogP contribution is -2.28. The Morgan fingerprint density at radius 3 is 2.00 bits per heavy atom. The fourth-order valence-electron chi connectivity index (χ4n) is 9.01. The summed E-state index contributed by atoms with van der Waals surface area (Å²) < 4.78 is 15.5. The van der Waals surface area contributed by atoms with Gasteiger partial charge in [-0.05, 0) is 95.6 Å². The van der Waals surface area contributed by atoms with Crippen LogP contribution in [-0.2, 0) is 0 Å². The maximum Gasteiger partial charge on any atom is 0.147 e. The van der Waals surface area contributed by atoms with Crippen LogP contribution in [0, 0.1) is 0 Å². The van der Waals surface area contributed by atoms with Crippen molar-refractivity contribution in [3.05, 3.63) is 175 Å². The van der Waals surface area contributed by atoms with Gasteiger partial charge in [-0.3, -0.25) is 0 Å². The Bertz CT molecular complexity index is 3100. The average molecular weight is 667 g/mol. The van der Waals surface area contributed by atoms with Crippen LogP contribution in [-0.4, -0.2) is 10.6 Å². The lowest BCUT2D eigenvalue weighted by atomic mass is 9.89. The smallest absolute Gasteiger partial charge is 0.147 e. The molecule has 52 heavy (non-hydrogen) atoms. The van der Waals surface area contributed by atoms with E-state index < -0.39 is 0 Å². The van der Waals surface area contributed by atoms with Gasteiger partial charge < -0.3 is 18.3 Å². The van der Waals surface area contributed by atoms with Gasteiger partial charge in [0.05, 0.1) is 22.5 Å². The third kappa shape index (κ3) is 3.81. The first-order chi connectivity index (χ1) is 25.8. The molecule has 0 spiro atoms. The number of hydrogen-bond acceptors (Lipinski definition) is 3. The second-order valence-electron chi connectivity index (χ2n) is 14.0. The van der Waals surface area contributed by atoms with Crippen molar-refractivity contribution in [2.45, 2.75) is 12.0 Å². The first-order valence-corrected chi connectivity index (χ1v) is 17.9. The van der Waals surface area contributed by atoms with E-state index in [1.807, 2.05) is 0 Å². The summed E-state index contributed by atoms with van der Waals surface area (Å²) in [5, 5.41) is 6.75. The van der Waals surface area contributed by atoms with E-state index in [1.165, 1.54) is 44.3 Å². The highest BCUT2D eigenvalue weighted by Gasteiger charge is 2.37. The molecule has 0 amide bonds. The number of nitrogens with zero attached hydrogens (tertiary/aromatic N) is 2. The Morgan fingerprint density at radius 2 is 1.15 bits per heavy atom. The van der Waals surface area contributed by atoms with E-state index >= 15 is 0 Å². The topological polar surface area (TPSA) is 34.5 Å². The molecule has 2 atom stereocenters. The molecule has 1 aliphatic carbocycles. The van der Waals surface area contributed by atoms with Crippen LogP contribution in [0.1, 0.15) is 11.5 Å². The lowest BCUT2D eigenvalue weighted by molar-refractivity contribution is 0.663. The second-order valence-corrected chi connectivity index (χ2v) is 14.0. The van der Waals surface area contributed by atoms with Crippen LogP contribution in [0.3, 0.4) is 0 Å². The van der Waals surface area contributed by atoms with Crippen molar-refractivity contribution in [2.75, 3.05) is 4.90 Å². The molecule has 12 rings (SSSR count). The Hall–Kier alpha value is -6.78. The number of furan rings is 2. The van der Waals surface area contributed by atoms with Gasteiger partial charge in [0.25, 0.3) is 0 Å². The molecule has 0 fully saturated rings. The summed E-state index contributed by atoms with van der Waals surface area (Å²) in [7, 11) is 0. The number of rotatable bonds is 3. The van der Waals surface area contributed by atoms with Crippen molar-refractivity contribution in [1.82, 2.24) is 4.57 Å². The van der Waals surface area contributed by atoms with Crippen molar-refractivity contribution < 1.29 is 8.83 Å². The maximum absolute atomic E-state index is 6.71. The molecule has 1 aliphatic heterocycles. The molecule has 4 heterocycles. The SMILES string of the molecule is C1=CC2c3cc(-c4ccc5oc6ccc7c8cc(-n9c%10ccccc%10c%10ccccc%109)ccc8oc7c6c5c4)ccc3N(c3ccccc3)C2C=C1. The van der Waals surface area contributed by atoms with Gasteiger partial charge >= 0.3 is 0 Å². The molecule has 3 aromatic heterocycles. The van der Waals surface area contributed by atoms with Crippen LogP contribution in [0.2, 0.25) is 0 Å². The van der Waals surface area contributed by atoms with Gasteiger partial charge in [0.1, 0.15) is 22.3 Å². The molecule has 0 saturated heterocycles. The molecule has 0 radical (unpaired) electrons. The molecule has 2 aliphatic rings. The van der Waals surface area contributed by atoms with Crippen LogP contribution in [0.4, 0.5) is 11.4 Å². The lowest BCUT2D eigenvalue weighted by Gasteiger charge is -2.28. The standard InChI is InChI=1S/C48H30N2O2/c1-2-10-31(11-3-1)49-42-17-9-6-14-35(42)37-26-29(18-22-43(37)49)30-19-23-45-39(27-30)47-46(51-45)25-21-36-38-28-32(20-24-44(38)52-48(36)47)50-40-15-7-4-12-33(40)34-13-5-8-16-41(34)50/h1-28,35,42H.